The molecule has 3 aliphatic heterocycles. The molecule has 2 aromatic heterocycles. The lowest BCUT2D eigenvalue weighted by Crippen LogP contribution is -2.55. The highest BCUT2D eigenvalue weighted by Gasteiger charge is 2.50. The van der Waals surface area contributed by atoms with E-state index >= 15 is 0 Å². The largest absolute Gasteiger partial charge is 0.487 e. The number of aromatic nitrogens is 3. The smallest absolute Gasteiger partial charge is 0.407 e. The molecular weight excluding hydrogens is 624 g/mol. The molecule has 5 heterocycles. The third-order valence-corrected chi connectivity index (χ3v) is 9.97. The maximum atomic E-state index is 12.6. The van der Waals surface area contributed by atoms with Crippen LogP contribution in [0.15, 0.2) is 28.4 Å². The molecule has 0 aliphatic carbocycles. The van der Waals surface area contributed by atoms with Crippen LogP contribution in [0.4, 0.5) is 16.4 Å². The maximum Gasteiger partial charge on any atom is 0.407 e. The van der Waals surface area contributed by atoms with E-state index in [1.54, 1.807) is 19.5 Å². The van der Waals surface area contributed by atoms with Crippen LogP contribution < -0.4 is 19.9 Å². The number of carbonyl (C=O) groups excluding carboxylic acids is 1. The Morgan fingerprint density at radius 2 is 2.02 bits per heavy atom. The summed E-state index contributed by atoms with van der Waals surface area (Å²) in [5.41, 5.74) is -0.245. The summed E-state index contributed by atoms with van der Waals surface area (Å²) >= 11 is 1.45. The molecule has 47 heavy (non-hydrogen) atoms. The van der Waals surface area contributed by atoms with Gasteiger partial charge in [-0.05, 0) is 58.9 Å². The molecule has 1 spiro atoms. The van der Waals surface area contributed by atoms with Gasteiger partial charge in [0.1, 0.15) is 29.7 Å². The van der Waals surface area contributed by atoms with Crippen LogP contribution in [-0.4, -0.2) is 104 Å². The van der Waals surface area contributed by atoms with Crippen LogP contribution in [0, 0.1) is 11.3 Å². The predicted molar refractivity (Wildman–Crippen MR) is 178 cm³/mol. The molecule has 2 saturated heterocycles. The fraction of sp³-hybridized carbons (Fsp3) is 0.697. The lowest BCUT2D eigenvalue weighted by atomic mass is 9.73. The van der Waals surface area contributed by atoms with Crippen molar-refractivity contribution in [3.8, 4) is 5.75 Å². The van der Waals surface area contributed by atoms with Crippen LogP contribution in [0.1, 0.15) is 59.6 Å². The molecule has 260 valence electrons. The third kappa shape index (κ3) is 8.58. The molecule has 5 rings (SSSR count). The minimum Gasteiger partial charge on any atom is -0.487 e. The molecule has 2 aromatic rings. The average molecular weight is 675 g/mol. The van der Waals surface area contributed by atoms with Gasteiger partial charge in [0, 0.05) is 38.4 Å². The van der Waals surface area contributed by atoms with Crippen LogP contribution in [0.25, 0.3) is 0 Å². The highest BCUT2D eigenvalue weighted by Crippen LogP contribution is 2.44. The number of aliphatic hydroxyl groups is 1. The van der Waals surface area contributed by atoms with Gasteiger partial charge < -0.3 is 43.9 Å². The van der Waals surface area contributed by atoms with E-state index < -0.39 is 11.7 Å². The number of nitrogens with one attached hydrogen (secondary N) is 1. The fourth-order valence-corrected chi connectivity index (χ4v) is 7.41. The molecule has 2 fully saturated rings. The molecule has 0 bridgehead atoms. The number of pyridine rings is 1. The van der Waals surface area contributed by atoms with E-state index in [0.29, 0.717) is 55.4 Å². The van der Waals surface area contributed by atoms with Gasteiger partial charge in [-0.1, -0.05) is 18.7 Å². The Balaban J connectivity index is 1.25. The van der Waals surface area contributed by atoms with Gasteiger partial charge in [0.05, 0.1) is 49.6 Å². The number of ether oxygens (including phenoxy) is 5. The zero-order valence-corrected chi connectivity index (χ0v) is 29.3. The number of anilines is 2. The monoisotopic (exact) mass is 674 g/mol. The predicted octanol–water partition coefficient (Wildman–Crippen LogP) is 4.26. The number of methoxy groups -OCH3 is 1. The van der Waals surface area contributed by atoms with Crippen molar-refractivity contribution < 1.29 is 33.6 Å². The quantitative estimate of drug-likeness (QED) is 0.245. The SMILES string of the molecule is CCC(COCOC)CN1CCOc2c(Sc3cnc(N4CCC5(CC4)COC(C)C5NC(=O)OC(C)(C)C)c(CO)n3)ccnc21. The maximum absolute atomic E-state index is 12.6. The number of hydrogen-bond donors (Lipinski definition) is 2. The van der Waals surface area contributed by atoms with Crippen molar-refractivity contribution in [1.82, 2.24) is 20.3 Å². The Kier molecular flexibility index (Phi) is 11.7. The topological polar surface area (TPSA) is 141 Å². The number of amides is 1. The van der Waals surface area contributed by atoms with Crippen molar-refractivity contribution in [2.45, 2.75) is 88.2 Å². The van der Waals surface area contributed by atoms with E-state index in [1.807, 2.05) is 33.8 Å². The van der Waals surface area contributed by atoms with Crippen molar-refractivity contribution in [3.63, 3.8) is 0 Å². The van der Waals surface area contributed by atoms with Gasteiger partial charge in [-0.2, -0.15) is 0 Å². The van der Waals surface area contributed by atoms with E-state index in [1.165, 1.54) is 11.8 Å². The van der Waals surface area contributed by atoms with Gasteiger partial charge in [-0.25, -0.2) is 19.7 Å². The number of hydrogen-bond acceptors (Lipinski definition) is 13. The molecule has 3 atom stereocenters. The number of carbonyl (C=O) groups is 1. The normalized spacial score (nSPS) is 21.3. The Labute approximate surface area is 282 Å². The molecule has 13 nitrogen and oxygen atoms in total. The summed E-state index contributed by atoms with van der Waals surface area (Å²) in [4.78, 5) is 32.2. The second kappa shape index (κ2) is 15.5. The van der Waals surface area contributed by atoms with Crippen molar-refractivity contribution >= 4 is 29.5 Å². The van der Waals surface area contributed by atoms with Crippen LogP contribution in [-0.2, 0) is 25.6 Å². The Bertz CT molecular complexity index is 1350. The Hall–Kier alpha value is -2.91. The second-order valence-electron chi connectivity index (χ2n) is 13.5. The summed E-state index contributed by atoms with van der Waals surface area (Å²) in [5.74, 6) is 2.55. The number of fused-ring (bicyclic) bond motifs is 1. The van der Waals surface area contributed by atoms with E-state index in [-0.39, 0.29) is 31.0 Å². The van der Waals surface area contributed by atoms with Gasteiger partial charge in [0.15, 0.2) is 17.4 Å². The van der Waals surface area contributed by atoms with Crippen LogP contribution in [0.2, 0.25) is 0 Å². The van der Waals surface area contributed by atoms with E-state index in [0.717, 1.165) is 48.8 Å². The van der Waals surface area contributed by atoms with Crippen molar-refractivity contribution in [2.75, 3.05) is 69.7 Å². The van der Waals surface area contributed by atoms with E-state index in [2.05, 4.69) is 27.0 Å². The lowest BCUT2D eigenvalue weighted by Gasteiger charge is -2.43. The summed E-state index contributed by atoms with van der Waals surface area (Å²) in [5, 5.41) is 14.1. The third-order valence-electron chi connectivity index (χ3n) is 9.03. The molecule has 0 saturated carbocycles. The number of rotatable bonds is 12. The summed E-state index contributed by atoms with van der Waals surface area (Å²) in [6.45, 7) is 14.5. The first-order valence-corrected chi connectivity index (χ1v) is 17.3. The summed E-state index contributed by atoms with van der Waals surface area (Å²) in [6, 6.07) is 1.78. The number of piperidine rings is 1. The molecule has 0 aromatic carbocycles. The first-order valence-electron chi connectivity index (χ1n) is 16.5. The zero-order chi connectivity index (χ0) is 33.6. The van der Waals surface area contributed by atoms with Gasteiger partial charge in [-0.3, -0.25) is 0 Å². The van der Waals surface area contributed by atoms with Crippen LogP contribution in [0.5, 0.6) is 5.75 Å². The van der Waals surface area contributed by atoms with Crippen LogP contribution >= 0.6 is 11.8 Å². The minimum absolute atomic E-state index is 0.115. The molecule has 0 radical (unpaired) electrons. The molecule has 14 heteroatoms. The van der Waals surface area contributed by atoms with Crippen molar-refractivity contribution in [1.29, 1.82) is 0 Å². The van der Waals surface area contributed by atoms with Gasteiger partial charge in [-0.15, -0.1) is 0 Å². The standard InChI is InChI=1S/C33H50N6O7S/c1-7-23(19-43-21-42-6)17-39-14-15-44-27-25(8-11-34-30(27)39)47-26-16-35-29(24(18-40)36-26)38-12-9-33(10-13-38)20-45-22(2)28(33)37-31(41)46-32(3,4)5/h8,11,16,22-23,28,40H,7,9-10,12-15,17-21H2,1-6H3,(H,37,41). The van der Waals surface area contributed by atoms with Crippen molar-refractivity contribution in [2.24, 2.45) is 11.3 Å². The lowest BCUT2D eigenvalue weighted by molar-refractivity contribution is -0.0429. The highest BCUT2D eigenvalue weighted by atomic mass is 32.2. The zero-order valence-electron chi connectivity index (χ0n) is 28.5. The number of aliphatic hydroxyl groups excluding tert-OH is 1. The molecule has 1 amide bonds. The first kappa shape index (κ1) is 35.4. The van der Waals surface area contributed by atoms with Crippen LogP contribution in [0.3, 0.4) is 0 Å². The molecule has 3 unspecified atom stereocenters. The van der Waals surface area contributed by atoms with Gasteiger partial charge in [0.25, 0.3) is 0 Å². The average Bonchev–Trinajstić information content (AvgIpc) is 3.34. The number of nitrogens with zero attached hydrogens (tertiary/aromatic N) is 5. The highest BCUT2D eigenvalue weighted by molar-refractivity contribution is 7.99. The summed E-state index contributed by atoms with van der Waals surface area (Å²) < 4.78 is 28.4. The first-order chi connectivity index (χ1) is 22.6. The Morgan fingerprint density at radius 1 is 1.23 bits per heavy atom. The Morgan fingerprint density at radius 3 is 2.72 bits per heavy atom. The van der Waals surface area contributed by atoms with E-state index in [4.69, 9.17) is 33.7 Å². The minimum atomic E-state index is -0.574. The molecule has 3 aliphatic rings. The summed E-state index contributed by atoms with van der Waals surface area (Å²) in [6.07, 6.45) is 5.59. The molecule has 2 N–H and O–H groups in total. The van der Waals surface area contributed by atoms with Crippen molar-refractivity contribution in [3.05, 3.63) is 24.2 Å². The van der Waals surface area contributed by atoms with E-state index in [9.17, 15) is 9.90 Å². The summed E-state index contributed by atoms with van der Waals surface area (Å²) in [7, 11) is 1.63. The molecular formula is C33H50N6O7S. The second-order valence-corrected chi connectivity index (χ2v) is 14.6. The van der Waals surface area contributed by atoms with Gasteiger partial charge >= 0.3 is 6.09 Å². The van der Waals surface area contributed by atoms with Gasteiger partial charge in [0.2, 0.25) is 0 Å². The fourth-order valence-electron chi connectivity index (χ4n) is 6.55. The number of alkyl carbamates (subject to hydrolysis) is 1.